The average Bonchev–Trinajstić information content (AvgIpc) is 2.37. The molecular formula is C17H19NO2. The van der Waals surface area contributed by atoms with Gasteiger partial charge < -0.3 is 10.0 Å². The molecule has 0 atom stereocenters. The highest BCUT2D eigenvalue weighted by molar-refractivity contribution is 5.97. The Bertz CT molecular complexity index is 662. The zero-order chi connectivity index (χ0) is 14.9. The number of rotatable bonds is 3. The molecule has 2 rings (SSSR count). The third kappa shape index (κ3) is 2.67. The minimum absolute atomic E-state index is 0.0200. The first-order valence-electron chi connectivity index (χ1n) is 6.55. The summed E-state index contributed by atoms with van der Waals surface area (Å²) < 4.78 is 0. The monoisotopic (exact) mass is 269 g/mol. The summed E-state index contributed by atoms with van der Waals surface area (Å²) in [6.45, 7) is 5.56. The molecule has 0 saturated heterocycles. The van der Waals surface area contributed by atoms with E-state index in [-0.39, 0.29) is 11.5 Å². The van der Waals surface area contributed by atoms with Crippen LogP contribution in [0.1, 0.15) is 28.4 Å². The van der Waals surface area contributed by atoms with Gasteiger partial charge in [0.2, 0.25) is 0 Å². The van der Waals surface area contributed by atoms with Gasteiger partial charge in [-0.15, -0.1) is 0 Å². The van der Waals surface area contributed by atoms with Gasteiger partial charge in [0.25, 0.3) is 0 Å². The van der Waals surface area contributed by atoms with Crippen LogP contribution in [0.25, 0.3) is 0 Å². The molecule has 0 aliphatic rings. The highest BCUT2D eigenvalue weighted by Gasteiger charge is 2.11. The summed E-state index contributed by atoms with van der Waals surface area (Å²) in [5.41, 5.74) is 4.66. The summed E-state index contributed by atoms with van der Waals surface area (Å²) in [7, 11) is 1.94. The fraction of sp³-hybridized carbons (Fsp3) is 0.235. The van der Waals surface area contributed by atoms with Crippen molar-refractivity contribution < 1.29 is 9.90 Å². The largest absolute Gasteiger partial charge is 0.507 e. The number of phenolic OH excluding ortho intramolecular Hbond substituents is 1. The predicted molar refractivity (Wildman–Crippen MR) is 82.1 cm³/mol. The zero-order valence-electron chi connectivity index (χ0n) is 12.3. The van der Waals surface area contributed by atoms with Crippen molar-refractivity contribution in [2.24, 2.45) is 0 Å². The van der Waals surface area contributed by atoms with Crippen molar-refractivity contribution in [3.63, 3.8) is 0 Å². The van der Waals surface area contributed by atoms with Gasteiger partial charge in [-0.1, -0.05) is 17.7 Å². The lowest BCUT2D eigenvalue weighted by molar-refractivity contribution is 0.101. The summed E-state index contributed by atoms with van der Waals surface area (Å²) in [6, 6.07) is 11.4. The lowest BCUT2D eigenvalue weighted by atomic mass is 10.1. The smallest absolute Gasteiger partial charge is 0.163 e. The Kier molecular flexibility index (Phi) is 3.79. The molecule has 0 radical (unpaired) electrons. The molecule has 0 saturated carbocycles. The van der Waals surface area contributed by atoms with E-state index < -0.39 is 0 Å². The van der Waals surface area contributed by atoms with Crippen LogP contribution in [0.3, 0.4) is 0 Å². The molecule has 104 valence electrons. The van der Waals surface area contributed by atoms with Crippen LogP contribution >= 0.6 is 0 Å². The van der Waals surface area contributed by atoms with Crippen molar-refractivity contribution >= 4 is 17.2 Å². The van der Waals surface area contributed by atoms with Gasteiger partial charge in [0.05, 0.1) is 5.56 Å². The van der Waals surface area contributed by atoms with E-state index in [2.05, 4.69) is 32.0 Å². The number of Topliss-reactive ketones (excluding diaryl/α,β-unsaturated/α-hetero) is 1. The second-order valence-electron chi connectivity index (χ2n) is 5.11. The first kappa shape index (κ1) is 14.1. The van der Waals surface area contributed by atoms with Crippen LogP contribution in [-0.2, 0) is 0 Å². The SMILES string of the molecule is CC(=O)c1ccc(N(C)c2ccc(C)cc2C)cc1O. The highest BCUT2D eigenvalue weighted by atomic mass is 16.3. The Labute approximate surface area is 119 Å². The number of aryl methyl sites for hydroxylation is 2. The van der Waals surface area contributed by atoms with E-state index in [1.54, 1.807) is 12.1 Å². The molecule has 0 fully saturated rings. The molecule has 0 heterocycles. The average molecular weight is 269 g/mol. The van der Waals surface area contributed by atoms with Crippen LogP contribution in [-0.4, -0.2) is 17.9 Å². The summed E-state index contributed by atoms with van der Waals surface area (Å²) in [4.78, 5) is 13.3. The number of carbonyl (C=O) groups is 1. The van der Waals surface area contributed by atoms with Gasteiger partial charge in [0.1, 0.15) is 5.75 Å². The fourth-order valence-electron chi connectivity index (χ4n) is 2.35. The fourth-order valence-corrected chi connectivity index (χ4v) is 2.35. The first-order valence-corrected chi connectivity index (χ1v) is 6.55. The van der Waals surface area contributed by atoms with E-state index in [1.165, 1.54) is 18.1 Å². The number of phenols is 1. The maximum absolute atomic E-state index is 11.3. The summed E-state index contributed by atoms with van der Waals surface area (Å²) in [5, 5.41) is 9.92. The molecule has 3 heteroatoms. The minimum Gasteiger partial charge on any atom is -0.507 e. The number of carbonyl (C=O) groups excluding carboxylic acids is 1. The van der Waals surface area contributed by atoms with Crippen molar-refractivity contribution in [2.75, 3.05) is 11.9 Å². The zero-order valence-corrected chi connectivity index (χ0v) is 12.3. The molecule has 2 aromatic rings. The number of anilines is 2. The number of ketones is 1. The molecule has 0 bridgehead atoms. The molecule has 0 aromatic heterocycles. The maximum Gasteiger partial charge on any atom is 0.163 e. The van der Waals surface area contributed by atoms with E-state index in [1.807, 2.05) is 18.0 Å². The van der Waals surface area contributed by atoms with E-state index in [0.717, 1.165) is 11.4 Å². The number of nitrogens with zero attached hydrogens (tertiary/aromatic N) is 1. The lowest BCUT2D eigenvalue weighted by Crippen LogP contribution is -2.11. The molecule has 1 N–H and O–H groups in total. The summed E-state index contributed by atoms with van der Waals surface area (Å²) >= 11 is 0. The quantitative estimate of drug-likeness (QED) is 0.857. The van der Waals surface area contributed by atoms with E-state index in [0.29, 0.717) is 5.56 Å². The maximum atomic E-state index is 11.3. The standard InChI is InChI=1S/C17H19NO2/c1-11-5-8-16(12(2)9-11)18(4)14-6-7-15(13(3)19)17(20)10-14/h5-10,20H,1-4H3. The molecule has 0 amide bonds. The minimum atomic E-state index is -0.136. The van der Waals surface area contributed by atoms with Crippen LogP contribution in [0.4, 0.5) is 11.4 Å². The van der Waals surface area contributed by atoms with Gasteiger partial charge in [0.15, 0.2) is 5.78 Å². The van der Waals surface area contributed by atoms with E-state index in [9.17, 15) is 9.90 Å². The van der Waals surface area contributed by atoms with E-state index >= 15 is 0 Å². The summed E-state index contributed by atoms with van der Waals surface area (Å²) in [6.07, 6.45) is 0. The number of aromatic hydroxyl groups is 1. The lowest BCUT2D eigenvalue weighted by Gasteiger charge is -2.22. The van der Waals surface area contributed by atoms with Gasteiger partial charge in [-0.25, -0.2) is 0 Å². The Balaban J connectivity index is 2.40. The molecule has 0 aliphatic carbocycles. The van der Waals surface area contributed by atoms with Crippen LogP contribution in [0.5, 0.6) is 5.75 Å². The van der Waals surface area contributed by atoms with Crippen LogP contribution in [0.15, 0.2) is 36.4 Å². The first-order chi connectivity index (χ1) is 9.40. The molecule has 0 unspecified atom stereocenters. The Morgan fingerprint density at radius 3 is 2.35 bits per heavy atom. The highest BCUT2D eigenvalue weighted by Crippen LogP contribution is 2.31. The molecule has 3 nitrogen and oxygen atoms in total. The summed E-state index contributed by atoms with van der Waals surface area (Å²) in [5.74, 6) is -0.116. The second-order valence-corrected chi connectivity index (χ2v) is 5.11. The van der Waals surface area contributed by atoms with Gasteiger partial charge >= 0.3 is 0 Å². The van der Waals surface area contributed by atoms with Gasteiger partial charge in [0, 0.05) is 24.5 Å². The van der Waals surface area contributed by atoms with Crippen molar-refractivity contribution in [1.82, 2.24) is 0 Å². The number of benzene rings is 2. The number of hydrogen-bond donors (Lipinski definition) is 1. The third-order valence-corrected chi connectivity index (χ3v) is 3.46. The van der Waals surface area contributed by atoms with E-state index in [4.69, 9.17) is 0 Å². The predicted octanol–water partition coefficient (Wildman–Crippen LogP) is 3.98. The van der Waals surface area contributed by atoms with Crippen LogP contribution in [0.2, 0.25) is 0 Å². The molecular weight excluding hydrogens is 250 g/mol. The van der Waals surface area contributed by atoms with Crippen molar-refractivity contribution in [3.05, 3.63) is 53.1 Å². The van der Waals surface area contributed by atoms with Gasteiger partial charge in [-0.05, 0) is 44.5 Å². The van der Waals surface area contributed by atoms with Crippen LogP contribution in [0, 0.1) is 13.8 Å². The third-order valence-electron chi connectivity index (χ3n) is 3.46. The van der Waals surface area contributed by atoms with Crippen molar-refractivity contribution in [1.29, 1.82) is 0 Å². The Morgan fingerprint density at radius 2 is 1.80 bits per heavy atom. The molecule has 20 heavy (non-hydrogen) atoms. The molecule has 2 aromatic carbocycles. The second kappa shape index (κ2) is 5.37. The molecule has 0 spiro atoms. The van der Waals surface area contributed by atoms with Crippen molar-refractivity contribution in [3.8, 4) is 5.75 Å². The normalized spacial score (nSPS) is 10.4. The molecule has 0 aliphatic heterocycles. The Hall–Kier alpha value is -2.29. The van der Waals surface area contributed by atoms with Gasteiger partial charge in [-0.3, -0.25) is 4.79 Å². The number of hydrogen-bond acceptors (Lipinski definition) is 3. The Morgan fingerprint density at radius 1 is 1.10 bits per heavy atom. The van der Waals surface area contributed by atoms with Crippen molar-refractivity contribution in [2.45, 2.75) is 20.8 Å². The topological polar surface area (TPSA) is 40.5 Å². The van der Waals surface area contributed by atoms with Crippen LogP contribution < -0.4 is 4.90 Å². The van der Waals surface area contributed by atoms with Gasteiger partial charge in [-0.2, -0.15) is 0 Å².